The fourth-order valence-electron chi connectivity index (χ4n) is 2.07. The van der Waals surface area contributed by atoms with Crippen molar-refractivity contribution in [2.24, 2.45) is 5.73 Å². The van der Waals surface area contributed by atoms with Crippen LogP contribution >= 0.6 is 0 Å². The molecule has 0 aromatic heterocycles. The highest BCUT2D eigenvalue weighted by atomic mass is 16.4. The number of benzene rings is 1. The van der Waals surface area contributed by atoms with E-state index in [4.69, 9.17) is 10.8 Å². The molecule has 6 nitrogen and oxygen atoms in total. The maximum atomic E-state index is 11.9. The average Bonchev–Trinajstić information content (AvgIpc) is 2.42. The predicted octanol–water partition coefficient (Wildman–Crippen LogP) is 2.03. The number of carbonyl (C=O) groups is 2. The number of phenols is 2. The number of aliphatic carboxylic acids is 1. The molecule has 0 saturated carbocycles. The minimum absolute atomic E-state index is 0.0367. The summed E-state index contributed by atoms with van der Waals surface area (Å²) in [6, 6.07) is 3.36. The Labute approximate surface area is 123 Å². The molecular formula is C15H21NO5. The van der Waals surface area contributed by atoms with E-state index >= 15 is 0 Å². The molecule has 0 radical (unpaired) electrons. The monoisotopic (exact) mass is 295 g/mol. The predicted molar refractivity (Wildman–Crippen MR) is 77.4 cm³/mol. The number of aromatic hydroxyl groups is 2. The quantitative estimate of drug-likeness (QED) is 0.408. The van der Waals surface area contributed by atoms with Crippen molar-refractivity contribution in [1.82, 2.24) is 0 Å². The van der Waals surface area contributed by atoms with Gasteiger partial charge in [0.15, 0.2) is 5.78 Å². The third-order valence-corrected chi connectivity index (χ3v) is 3.29. The summed E-state index contributed by atoms with van der Waals surface area (Å²) in [6.07, 6.45) is 3.53. The molecule has 21 heavy (non-hydrogen) atoms. The molecular weight excluding hydrogens is 274 g/mol. The minimum Gasteiger partial charge on any atom is -0.507 e. The molecule has 0 aliphatic heterocycles. The Hall–Kier alpha value is -2.08. The summed E-state index contributed by atoms with van der Waals surface area (Å²) in [7, 11) is 0. The van der Waals surface area contributed by atoms with Gasteiger partial charge < -0.3 is 21.1 Å². The van der Waals surface area contributed by atoms with Crippen molar-refractivity contribution in [2.45, 2.75) is 44.6 Å². The van der Waals surface area contributed by atoms with Crippen LogP contribution in [0.5, 0.6) is 11.5 Å². The van der Waals surface area contributed by atoms with Gasteiger partial charge in [-0.3, -0.25) is 9.59 Å². The molecule has 0 heterocycles. The van der Waals surface area contributed by atoms with Crippen LogP contribution in [0.4, 0.5) is 0 Å². The Kier molecular flexibility index (Phi) is 6.68. The lowest BCUT2D eigenvalue weighted by Crippen LogP contribution is -2.29. The summed E-state index contributed by atoms with van der Waals surface area (Å²) < 4.78 is 0. The van der Waals surface area contributed by atoms with Crippen molar-refractivity contribution in [3.8, 4) is 11.5 Å². The normalized spacial score (nSPS) is 12.0. The molecule has 0 aliphatic rings. The van der Waals surface area contributed by atoms with Crippen molar-refractivity contribution < 1.29 is 24.9 Å². The topological polar surface area (TPSA) is 121 Å². The standard InChI is InChI=1S/C15H21NO5/c16-10(15(20)21)6-3-1-2-4-7-11(17)14-12(18)8-5-9-13(14)19/h5,8-10,18-19H,1-4,6-7,16H2,(H,20,21). The number of nitrogens with two attached hydrogens (primary N) is 1. The molecule has 1 aromatic rings. The van der Waals surface area contributed by atoms with E-state index < -0.39 is 12.0 Å². The van der Waals surface area contributed by atoms with Gasteiger partial charge in [-0.2, -0.15) is 0 Å². The Morgan fingerprint density at radius 3 is 2.19 bits per heavy atom. The van der Waals surface area contributed by atoms with Crippen molar-refractivity contribution in [3.63, 3.8) is 0 Å². The van der Waals surface area contributed by atoms with E-state index in [1.807, 2.05) is 0 Å². The molecule has 0 spiro atoms. The fourth-order valence-corrected chi connectivity index (χ4v) is 2.07. The summed E-state index contributed by atoms with van der Waals surface area (Å²) in [4.78, 5) is 22.4. The summed E-state index contributed by atoms with van der Waals surface area (Å²) in [5, 5.41) is 27.7. The van der Waals surface area contributed by atoms with Crippen LogP contribution in [0.2, 0.25) is 0 Å². The first-order chi connectivity index (χ1) is 9.93. The summed E-state index contributed by atoms with van der Waals surface area (Å²) in [6.45, 7) is 0. The van der Waals surface area contributed by atoms with Gasteiger partial charge in [0, 0.05) is 6.42 Å². The van der Waals surface area contributed by atoms with E-state index in [1.54, 1.807) is 0 Å². The zero-order valence-electron chi connectivity index (χ0n) is 11.8. The second-order valence-corrected chi connectivity index (χ2v) is 4.99. The van der Waals surface area contributed by atoms with Crippen LogP contribution in [-0.2, 0) is 4.79 Å². The second kappa shape index (κ2) is 8.26. The number of carbonyl (C=O) groups excluding carboxylic acids is 1. The average molecular weight is 295 g/mol. The molecule has 5 N–H and O–H groups in total. The molecule has 0 bridgehead atoms. The maximum absolute atomic E-state index is 11.9. The number of unbranched alkanes of at least 4 members (excludes halogenated alkanes) is 3. The number of ketones is 1. The third-order valence-electron chi connectivity index (χ3n) is 3.29. The molecule has 6 heteroatoms. The zero-order valence-corrected chi connectivity index (χ0v) is 11.8. The number of Topliss-reactive ketones (excluding diaryl/α,β-unsaturated/α-hetero) is 1. The molecule has 0 aliphatic carbocycles. The highest BCUT2D eigenvalue weighted by Crippen LogP contribution is 2.28. The number of rotatable bonds is 9. The molecule has 1 atom stereocenters. The summed E-state index contributed by atoms with van der Waals surface area (Å²) >= 11 is 0. The van der Waals surface area contributed by atoms with Gasteiger partial charge in [-0.15, -0.1) is 0 Å². The van der Waals surface area contributed by atoms with Crippen molar-refractivity contribution in [3.05, 3.63) is 23.8 Å². The van der Waals surface area contributed by atoms with E-state index in [-0.39, 0.29) is 29.3 Å². The molecule has 1 aromatic carbocycles. The molecule has 0 amide bonds. The summed E-state index contributed by atoms with van der Waals surface area (Å²) in [5.41, 5.74) is 5.34. The van der Waals surface area contributed by atoms with E-state index in [0.717, 1.165) is 12.8 Å². The van der Waals surface area contributed by atoms with Gasteiger partial charge in [0.05, 0.1) is 0 Å². The Bertz CT molecular complexity index is 481. The third kappa shape index (κ3) is 5.43. The summed E-state index contributed by atoms with van der Waals surface area (Å²) in [5.74, 6) is -1.73. The highest BCUT2D eigenvalue weighted by molar-refractivity contribution is 6.01. The number of hydrogen-bond acceptors (Lipinski definition) is 5. The minimum atomic E-state index is -1.000. The van der Waals surface area contributed by atoms with Crippen LogP contribution in [-0.4, -0.2) is 33.1 Å². The molecule has 116 valence electrons. The Morgan fingerprint density at radius 2 is 1.62 bits per heavy atom. The Balaban J connectivity index is 2.27. The number of carboxylic acids is 1. The van der Waals surface area contributed by atoms with Crippen LogP contribution in [0.3, 0.4) is 0 Å². The van der Waals surface area contributed by atoms with Gasteiger partial charge in [0.25, 0.3) is 0 Å². The van der Waals surface area contributed by atoms with Crippen LogP contribution in [0.1, 0.15) is 48.9 Å². The van der Waals surface area contributed by atoms with Crippen LogP contribution < -0.4 is 5.73 Å². The molecule has 0 saturated heterocycles. The van der Waals surface area contributed by atoms with E-state index in [1.165, 1.54) is 18.2 Å². The van der Waals surface area contributed by atoms with Gasteiger partial charge in [-0.25, -0.2) is 0 Å². The number of carboxylic acid groups (broad SMARTS) is 1. The van der Waals surface area contributed by atoms with Crippen LogP contribution in [0.25, 0.3) is 0 Å². The first-order valence-electron chi connectivity index (χ1n) is 6.96. The highest BCUT2D eigenvalue weighted by Gasteiger charge is 2.15. The van der Waals surface area contributed by atoms with Crippen molar-refractivity contribution in [2.75, 3.05) is 0 Å². The molecule has 1 unspecified atom stereocenters. The SMILES string of the molecule is NC(CCCCCCC(=O)c1c(O)cccc1O)C(=O)O. The Morgan fingerprint density at radius 1 is 1.05 bits per heavy atom. The maximum Gasteiger partial charge on any atom is 0.320 e. The zero-order chi connectivity index (χ0) is 15.8. The lowest BCUT2D eigenvalue weighted by Gasteiger charge is -2.07. The lowest BCUT2D eigenvalue weighted by molar-refractivity contribution is -0.138. The van der Waals surface area contributed by atoms with E-state index in [2.05, 4.69) is 0 Å². The van der Waals surface area contributed by atoms with Gasteiger partial charge in [0.1, 0.15) is 23.1 Å². The molecule has 0 fully saturated rings. The van der Waals surface area contributed by atoms with Gasteiger partial charge in [-0.05, 0) is 25.0 Å². The first-order valence-corrected chi connectivity index (χ1v) is 6.96. The van der Waals surface area contributed by atoms with Gasteiger partial charge in [-0.1, -0.05) is 25.3 Å². The van der Waals surface area contributed by atoms with Crippen molar-refractivity contribution in [1.29, 1.82) is 0 Å². The molecule has 1 rings (SSSR count). The van der Waals surface area contributed by atoms with Crippen LogP contribution in [0, 0.1) is 0 Å². The van der Waals surface area contributed by atoms with E-state index in [0.29, 0.717) is 19.3 Å². The van der Waals surface area contributed by atoms with E-state index in [9.17, 15) is 19.8 Å². The van der Waals surface area contributed by atoms with Crippen molar-refractivity contribution >= 4 is 11.8 Å². The fraction of sp³-hybridized carbons (Fsp3) is 0.467. The number of phenolic OH excluding ortho intramolecular Hbond substituents is 2. The van der Waals surface area contributed by atoms with Gasteiger partial charge in [0.2, 0.25) is 0 Å². The van der Waals surface area contributed by atoms with Gasteiger partial charge >= 0.3 is 5.97 Å². The first kappa shape index (κ1) is 17.0. The number of hydrogen-bond donors (Lipinski definition) is 4. The second-order valence-electron chi connectivity index (χ2n) is 4.99. The van der Waals surface area contributed by atoms with Crippen LogP contribution in [0.15, 0.2) is 18.2 Å². The largest absolute Gasteiger partial charge is 0.507 e. The lowest BCUT2D eigenvalue weighted by atomic mass is 10.0. The smallest absolute Gasteiger partial charge is 0.320 e.